The average molecular weight is 174 g/mol. The van der Waals surface area contributed by atoms with Gasteiger partial charge in [-0.25, -0.2) is 4.39 Å². The molecule has 0 amide bonds. The van der Waals surface area contributed by atoms with Crippen molar-refractivity contribution in [2.45, 2.75) is 12.8 Å². The highest BCUT2D eigenvalue weighted by Crippen LogP contribution is 2.19. The van der Waals surface area contributed by atoms with Gasteiger partial charge in [0.05, 0.1) is 5.88 Å². The first-order valence-corrected chi connectivity index (χ1v) is 3.79. The van der Waals surface area contributed by atoms with Gasteiger partial charge in [-0.05, 0) is 13.0 Å². The molecule has 0 unspecified atom stereocenters. The molecule has 3 heteroatoms. The first kappa shape index (κ1) is 8.34. The maximum absolute atomic E-state index is 13.1. The van der Waals surface area contributed by atoms with Gasteiger partial charge in [0.15, 0.2) is 0 Å². The molecule has 0 aliphatic heterocycles. The van der Waals surface area contributed by atoms with Gasteiger partial charge in [0.2, 0.25) is 0 Å². The predicted molar refractivity (Wildman–Crippen MR) is 45.1 cm³/mol. The SMILES string of the molecule is Cc1c(N)ccc(CCl)c1F. The number of hydrogen-bond donors (Lipinski definition) is 1. The molecule has 0 saturated carbocycles. The number of alkyl halides is 1. The normalized spacial score (nSPS) is 10.1. The molecule has 1 aromatic rings. The summed E-state index contributed by atoms with van der Waals surface area (Å²) in [4.78, 5) is 0. The molecule has 11 heavy (non-hydrogen) atoms. The van der Waals surface area contributed by atoms with Crippen LogP contribution in [0.15, 0.2) is 12.1 Å². The van der Waals surface area contributed by atoms with Crippen molar-refractivity contribution in [2.75, 3.05) is 5.73 Å². The lowest BCUT2D eigenvalue weighted by Gasteiger charge is -2.04. The molecule has 0 saturated heterocycles. The van der Waals surface area contributed by atoms with E-state index in [0.29, 0.717) is 16.8 Å². The molecule has 0 bridgehead atoms. The summed E-state index contributed by atoms with van der Waals surface area (Å²) in [5.74, 6) is -0.104. The number of anilines is 1. The highest BCUT2D eigenvalue weighted by molar-refractivity contribution is 6.17. The summed E-state index contributed by atoms with van der Waals surface area (Å²) in [6.45, 7) is 1.64. The van der Waals surface area contributed by atoms with Crippen LogP contribution in [0.5, 0.6) is 0 Å². The minimum absolute atomic E-state index is 0.187. The van der Waals surface area contributed by atoms with Gasteiger partial charge in [0.1, 0.15) is 5.82 Å². The largest absolute Gasteiger partial charge is 0.398 e. The van der Waals surface area contributed by atoms with E-state index in [4.69, 9.17) is 17.3 Å². The van der Waals surface area contributed by atoms with Crippen LogP contribution in [0.2, 0.25) is 0 Å². The lowest BCUT2D eigenvalue weighted by Crippen LogP contribution is -1.96. The summed E-state index contributed by atoms with van der Waals surface area (Å²) in [7, 11) is 0. The van der Waals surface area contributed by atoms with Gasteiger partial charge in [-0.15, -0.1) is 11.6 Å². The van der Waals surface area contributed by atoms with Gasteiger partial charge in [0, 0.05) is 16.8 Å². The molecule has 0 fully saturated rings. The van der Waals surface area contributed by atoms with Crippen LogP contribution >= 0.6 is 11.6 Å². The van der Waals surface area contributed by atoms with E-state index in [2.05, 4.69) is 0 Å². The van der Waals surface area contributed by atoms with Crippen LogP contribution < -0.4 is 5.73 Å². The second-order valence-electron chi connectivity index (χ2n) is 2.39. The van der Waals surface area contributed by atoms with E-state index in [-0.39, 0.29) is 11.7 Å². The molecule has 2 N–H and O–H groups in total. The molecule has 0 atom stereocenters. The molecule has 0 heterocycles. The van der Waals surface area contributed by atoms with Crippen LogP contribution in [0.3, 0.4) is 0 Å². The van der Waals surface area contributed by atoms with Gasteiger partial charge in [-0.1, -0.05) is 6.07 Å². The van der Waals surface area contributed by atoms with Gasteiger partial charge < -0.3 is 5.73 Å². The Balaban J connectivity index is 3.25. The Morgan fingerprint density at radius 3 is 2.73 bits per heavy atom. The van der Waals surface area contributed by atoms with Gasteiger partial charge in [-0.3, -0.25) is 0 Å². The molecule has 0 radical (unpaired) electrons. The molecule has 0 aliphatic rings. The summed E-state index contributed by atoms with van der Waals surface area (Å²) < 4.78 is 13.1. The van der Waals surface area contributed by atoms with Crippen molar-refractivity contribution in [2.24, 2.45) is 0 Å². The summed E-state index contributed by atoms with van der Waals surface area (Å²) in [5.41, 5.74) is 6.90. The first-order chi connectivity index (χ1) is 5.16. The molecular weight excluding hydrogens is 165 g/mol. The van der Waals surface area contributed by atoms with Crippen molar-refractivity contribution < 1.29 is 4.39 Å². The summed E-state index contributed by atoms with van der Waals surface area (Å²) in [6, 6.07) is 3.26. The van der Waals surface area contributed by atoms with Crippen molar-refractivity contribution in [3.63, 3.8) is 0 Å². The molecule has 1 rings (SSSR count). The standard InChI is InChI=1S/C8H9ClFN/c1-5-7(11)3-2-6(4-9)8(5)10/h2-3H,4,11H2,1H3. The number of halogens is 2. The summed E-state index contributed by atoms with van der Waals surface area (Å²) in [6.07, 6.45) is 0. The minimum atomic E-state index is -0.292. The van der Waals surface area contributed by atoms with Crippen LogP contribution in [0.1, 0.15) is 11.1 Å². The second-order valence-corrected chi connectivity index (χ2v) is 2.65. The quantitative estimate of drug-likeness (QED) is 0.513. The zero-order valence-electron chi connectivity index (χ0n) is 6.20. The molecule has 1 nitrogen and oxygen atoms in total. The van der Waals surface area contributed by atoms with Crippen molar-refractivity contribution in [1.82, 2.24) is 0 Å². The van der Waals surface area contributed by atoms with E-state index in [1.807, 2.05) is 0 Å². The highest BCUT2D eigenvalue weighted by Gasteiger charge is 2.05. The van der Waals surface area contributed by atoms with Gasteiger partial charge in [0.25, 0.3) is 0 Å². The van der Waals surface area contributed by atoms with E-state index < -0.39 is 0 Å². The maximum atomic E-state index is 13.1. The Labute approximate surface area is 70.0 Å². The van der Waals surface area contributed by atoms with Crippen LogP contribution in [0, 0.1) is 12.7 Å². The predicted octanol–water partition coefficient (Wildman–Crippen LogP) is 2.46. The molecule has 0 aromatic heterocycles. The number of hydrogen-bond acceptors (Lipinski definition) is 1. The molecule has 60 valence electrons. The van der Waals surface area contributed by atoms with Crippen LogP contribution in [0.4, 0.5) is 10.1 Å². The number of rotatable bonds is 1. The zero-order chi connectivity index (χ0) is 8.43. The molecular formula is C8H9ClFN. The summed E-state index contributed by atoms with van der Waals surface area (Å²) >= 11 is 5.48. The van der Waals surface area contributed by atoms with Crippen LogP contribution in [-0.4, -0.2) is 0 Å². The Morgan fingerprint density at radius 1 is 1.55 bits per heavy atom. The third-order valence-corrected chi connectivity index (χ3v) is 1.94. The number of benzene rings is 1. The van der Waals surface area contributed by atoms with E-state index in [9.17, 15) is 4.39 Å². The smallest absolute Gasteiger partial charge is 0.132 e. The first-order valence-electron chi connectivity index (χ1n) is 3.26. The average Bonchev–Trinajstić information content (AvgIpc) is 2.01. The third-order valence-electron chi connectivity index (χ3n) is 1.65. The lowest BCUT2D eigenvalue weighted by molar-refractivity contribution is 0.608. The monoisotopic (exact) mass is 173 g/mol. The van der Waals surface area contributed by atoms with E-state index in [1.54, 1.807) is 19.1 Å². The number of nitrogens with two attached hydrogens (primary N) is 1. The Morgan fingerprint density at radius 2 is 2.18 bits per heavy atom. The molecule has 0 aliphatic carbocycles. The fraction of sp³-hybridized carbons (Fsp3) is 0.250. The third kappa shape index (κ3) is 1.46. The molecule has 1 aromatic carbocycles. The number of nitrogen functional groups attached to an aromatic ring is 1. The Bertz CT molecular complexity index is 273. The van der Waals surface area contributed by atoms with Gasteiger partial charge in [-0.2, -0.15) is 0 Å². The fourth-order valence-corrected chi connectivity index (χ4v) is 1.07. The van der Waals surface area contributed by atoms with Gasteiger partial charge >= 0.3 is 0 Å². The lowest BCUT2D eigenvalue weighted by atomic mass is 10.1. The Kier molecular flexibility index (Phi) is 2.35. The van der Waals surface area contributed by atoms with Crippen molar-refractivity contribution >= 4 is 17.3 Å². The molecule has 0 spiro atoms. The zero-order valence-corrected chi connectivity index (χ0v) is 6.95. The van der Waals surface area contributed by atoms with Crippen LogP contribution in [-0.2, 0) is 5.88 Å². The topological polar surface area (TPSA) is 26.0 Å². The summed E-state index contributed by atoms with van der Waals surface area (Å²) in [5, 5.41) is 0. The van der Waals surface area contributed by atoms with Crippen molar-refractivity contribution in [1.29, 1.82) is 0 Å². The van der Waals surface area contributed by atoms with Crippen LogP contribution in [0.25, 0.3) is 0 Å². The van der Waals surface area contributed by atoms with E-state index >= 15 is 0 Å². The highest BCUT2D eigenvalue weighted by atomic mass is 35.5. The maximum Gasteiger partial charge on any atom is 0.132 e. The van der Waals surface area contributed by atoms with Crippen molar-refractivity contribution in [3.05, 3.63) is 29.1 Å². The second kappa shape index (κ2) is 3.09. The Hall–Kier alpha value is -0.760. The minimum Gasteiger partial charge on any atom is -0.398 e. The fourth-order valence-electron chi connectivity index (χ4n) is 0.859. The van der Waals surface area contributed by atoms with E-state index in [1.165, 1.54) is 0 Å². The van der Waals surface area contributed by atoms with E-state index in [0.717, 1.165) is 0 Å². The van der Waals surface area contributed by atoms with Crippen molar-refractivity contribution in [3.8, 4) is 0 Å².